The van der Waals surface area contributed by atoms with Crippen LogP contribution in [-0.4, -0.2) is 29.2 Å². The first-order chi connectivity index (χ1) is 10.2. The predicted molar refractivity (Wildman–Crippen MR) is 78.7 cm³/mol. The molecule has 2 amide bonds. The van der Waals surface area contributed by atoms with E-state index in [0.29, 0.717) is 16.9 Å². The molecule has 0 aromatic heterocycles. The van der Waals surface area contributed by atoms with Crippen LogP contribution in [0.5, 0.6) is 0 Å². The van der Waals surface area contributed by atoms with E-state index in [9.17, 15) is 9.59 Å². The number of nitrogens with zero attached hydrogens (tertiary/aromatic N) is 2. The van der Waals surface area contributed by atoms with Gasteiger partial charge in [-0.3, -0.25) is 14.5 Å². The van der Waals surface area contributed by atoms with Gasteiger partial charge in [-0.1, -0.05) is 36.4 Å². The zero-order valence-electron chi connectivity index (χ0n) is 11.1. The summed E-state index contributed by atoms with van der Waals surface area (Å²) in [5, 5.41) is 8.83. The van der Waals surface area contributed by atoms with E-state index in [4.69, 9.17) is 5.11 Å². The van der Waals surface area contributed by atoms with Crippen LogP contribution in [0, 0.1) is 0 Å². The molecule has 0 saturated carbocycles. The van der Waals surface area contributed by atoms with E-state index in [1.165, 1.54) is 4.90 Å². The largest absolute Gasteiger partial charge is 0.386 e. The summed E-state index contributed by atoms with van der Waals surface area (Å²) >= 11 is 0. The number of carbonyl (C=O) groups is 2. The SMILES string of the molecule is O=C(CO)N=C1C(=O)N(c2ccccc2)c2ccccc21. The molecule has 0 saturated heterocycles. The van der Waals surface area contributed by atoms with Crippen LogP contribution in [0.25, 0.3) is 0 Å². The molecule has 0 unspecified atom stereocenters. The summed E-state index contributed by atoms with van der Waals surface area (Å²) in [7, 11) is 0. The maximum absolute atomic E-state index is 12.6. The molecular weight excluding hydrogens is 268 g/mol. The van der Waals surface area contributed by atoms with Crippen molar-refractivity contribution in [3.05, 3.63) is 60.2 Å². The van der Waals surface area contributed by atoms with Crippen molar-refractivity contribution in [2.75, 3.05) is 11.5 Å². The smallest absolute Gasteiger partial charge is 0.282 e. The second-order valence-electron chi connectivity index (χ2n) is 4.51. The van der Waals surface area contributed by atoms with Gasteiger partial charge < -0.3 is 5.11 Å². The van der Waals surface area contributed by atoms with E-state index in [0.717, 1.165) is 0 Å². The molecule has 1 aliphatic heterocycles. The molecule has 3 rings (SSSR count). The molecule has 1 N–H and O–H groups in total. The van der Waals surface area contributed by atoms with Gasteiger partial charge in [0.25, 0.3) is 11.8 Å². The Balaban J connectivity index is 2.15. The Labute approximate surface area is 121 Å². The first-order valence-corrected chi connectivity index (χ1v) is 6.43. The maximum Gasteiger partial charge on any atom is 0.282 e. The lowest BCUT2D eigenvalue weighted by Crippen LogP contribution is -2.26. The number of fused-ring (bicyclic) bond motifs is 1. The molecule has 21 heavy (non-hydrogen) atoms. The average Bonchev–Trinajstić information content (AvgIpc) is 2.80. The van der Waals surface area contributed by atoms with E-state index in [1.807, 2.05) is 36.4 Å². The van der Waals surface area contributed by atoms with E-state index in [1.54, 1.807) is 18.2 Å². The van der Waals surface area contributed by atoms with Gasteiger partial charge in [-0.2, -0.15) is 0 Å². The summed E-state index contributed by atoms with van der Waals surface area (Å²) in [4.78, 5) is 29.2. The van der Waals surface area contributed by atoms with E-state index >= 15 is 0 Å². The quantitative estimate of drug-likeness (QED) is 0.909. The van der Waals surface area contributed by atoms with Crippen LogP contribution in [-0.2, 0) is 9.59 Å². The summed E-state index contributed by atoms with van der Waals surface area (Å²) in [5.41, 5.74) is 2.04. The number of amides is 2. The molecule has 0 spiro atoms. The number of para-hydroxylation sites is 2. The van der Waals surface area contributed by atoms with Crippen molar-refractivity contribution in [1.29, 1.82) is 0 Å². The highest BCUT2D eigenvalue weighted by molar-refractivity contribution is 6.56. The van der Waals surface area contributed by atoms with Crippen molar-refractivity contribution in [3.63, 3.8) is 0 Å². The van der Waals surface area contributed by atoms with Gasteiger partial charge in [0.05, 0.1) is 5.69 Å². The fourth-order valence-corrected chi connectivity index (χ4v) is 2.30. The van der Waals surface area contributed by atoms with E-state index in [2.05, 4.69) is 4.99 Å². The highest BCUT2D eigenvalue weighted by Gasteiger charge is 2.35. The number of benzene rings is 2. The number of anilines is 2. The molecule has 2 aromatic carbocycles. The Bertz CT molecular complexity index is 738. The van der Waals surface area contributed by atoms with Gasteiger partial charge in [-0.15, -0.1) is 0 Å². The number of aliphatic hydroxyl groups excluding tert-OH is 1. The van der Waals surface area contributed by atoms with Crippen LogP contribution in [0.15, 0.2) is 59.6 Å². The van der Waals surface area contributed by atoms with Gasteiger partial charge in [0.2, 0.25) is 0 Å². The number of carbonyl (C=O) groups excluding carboxylic acids is 2. The van der Waals surface area contributed by atoms with E-state index in [-0.39, 0.29) is 11.6 Å². The lowest BCUT2D eigenvalue weighted by atomic mass is 10.1. The normalized spacial score (nSPS) is 15.4. The van der Waals surface area contributed by atoms with Crippen molar-refractivity contribution >= 4 is 28.9 Å². The molecule has 5 heteroatoms. The minimum absolute atomic E-state index is 0.0634. The Morgan fingerprint density at radius 1 is 1.05 bits per heavy atom. The number of hydrogen-bond donors (Lipinski definition) is 1. The summed E-state index contributed by atoms with van der Waals surface area (Å²) in [6, 6.07) is 16.3. The fraction of sp³-hybridized carbons (Fsp3) is 0.0625. The van der Waals surface area contributed by atoms with Gasteiger partial charge in [0.15, 0.2) is 0 Å². The van der Waals surface area contributed by atoms with Crippen molar-refractivity contribution < 1.29 is 14.7 Å². The molecule has 0 fully saturated rings. The molecule has 0 atom stereocenters. The van der Waals surface area contributed by atoms with Gasteiger partial charge in [0, 0.05) is 11.3 Å². The second kappa shape index (κ2) is 5.30. The Hall–Kier alpha value is -2.79. The molecule has 0 aliphatic carbocycles. The third kappa shape index (κ3) is 2.23. The Morgan fingerprint density at radius 3 is 2.43 bits per heavy atom. The first kappa shape index (κ1) is 13.2. The third-order valence-electron chi connectivity index (χ3n) is 3.19. The summed E-state index contributed by atoms with van der Waals surface area (Å²) < 4.78 is 0. The van der Waals surface area contributed by atoms with Gasteiger partial charge >= 0.3 is 0 Å². The number of hydrogen-bond acceptors (Lipinski definition) is 3. The maximum atomic E-state index is 12.6. The first-order valence-electron chi connectivity index (χ1n) is 6.43. The minimum Gasteiger partial charge on any atom is -0.386 e. The summed E-state index contributed by atoms with van der Waals surface area (Å²) in [5.74, 6) is -1.10. The van der Waals surface area contributed by atoms with Crippen molar-refractivity contribution in [2.45, 2.75) is 0 Å². The Kier molecular flexibility index (Phi) is 3.33. The second-order valence-corrected chi connectivity index (χ2v) is 4.51. The van der Waals surface area contributed by atoms with Crippen LogP contribution < -0.4 is 4.90 Å². The molecule has 2 aromatic rings. The minimum atomic E-state index is -0.733. The van der Waals surface area contributed by atoms with Crippen LogP contribution in [0.1, 0.15) is 5.56 Å². The predicted octanol–water partition coefficient (Wildman–Crippen LogP) is 1.67. The number of aliphatic imine (C=N–C) groups is 1. The highest BCUT2D eigenvalue weighted by Crippen LogP contribution is 2.35. The highest BCUT2D eigenvalue weighted by atomic mass is 16.3. The topological polar surface area (TPSA) is 70.0 Å². The monoisotopic (exact) mass is 280 g/mol. The van der Waals surface area contributed by atoms with Gasteiger partial charge in [-0.05, 0) is 18.2 Å². The van der Waals surface area contributed by atoms with Crippen LogP contribution >= 0.6 is 0 Å². The zero-order valence-corrected chi connectivity index (χ0v) is 11.1. The number of rotatable bonds is 2. The van der Waals surface area contributed by atoms with Crippen LogP contribution in [0.2, 0.25) is 0 Å². The molecular formula is C16H12N2O3. The third-order valence-corrected chi connectivity index (χ3v) is 3.19. The standard InChI is InChI=1S/C16H12N2O3/c19-10-14(20)17-15-12-8-4-5-9-13(12)18(16(15)21)11-6-2-1-3-7-11/h1-9,19H,10H2. The molecule has 1 heterocycles. The molecule has 104 valence electrons. The summed E-state index contributed by atoms with van der Waals surface area (Å²) in [6.45, 7) is -0.718. The fourth-order valence-electron chi connectivity index (χ4n) is 2.30. The summed E-state index contributed by atoms with van der Waals surface area (Å²) in [6.07, 6.45) is 0. The van der Waals surface area contributed by atoms with Crippen LogP contribution in [0.4, 0.5) is 11.4 Å². The molecule has 5 nitrogen and oxygen atoms in total. The lowest BCUT2D eigenvalue weighted by molar-refractivity contribution is -0.120. The average molecular weight is 280 g/mol. The molecule has 0 radical (unpaired) electrons. The number of aliphatic hydroxyl groups is 1. The van der Waals surface area contributed by atoms with Crippen molar-refractivity contribution in [2.24, 2.45) is 4.99 Å². The Morgan fingerprint density at radius 2 is 1.71 bits per heavy atom. The van der Waals surface area contributed by atoms with Gasteiger partial charge in [-0.25, -0.2) is 4.99 Å². The van der Waals surface area contributed by atoms with Gasteiger partial charge in [0.1, 0.15) is 12.3 Å². The molecule has 0 bridgehead atoms. The zero-order chi connectivity index (χ0) is 14.8. The van der Waals surface area contributed by atoms with Crippen LogP contribution in [0.3, 0.4) is 0 Å². The van der Waals surface area contributed by atoms with Crippen molar-refractivity contribution in [1.82, 2.24) is 0 Å². The van der Waals surface area contributed by atoms with Crippen molar-refractivity contribution in [3.8, 4) is 0 Å². The lowest BCUT2D eigenvalue weighted by Gasteiger charge is -2.16. The molecule has 1 aliphatic rings. The van der Waals surface area contributed by atoms with E-state index < -0.39 is 12.5 Å².